The number of nitrogens with two attached hydrogens (primary N) is 1. The molecule has 0 unspecified atom stereocenters. The van der Waals surface area contributed by atoms with Gasteiger partial charge in [0.1, 0.15) is 6.61 Å². The number of nitrogens with zero attached hydrogens (tertiary/aromatic N) is 1. The third kappa shape index (κ3) is 3.68. The Morgan fingerprint density at radius 2 is 1.82 bits per heavy atom. The first-order valence-corrected chi connectivity index (χ1v) is 6.89. The molecule has 0 aromatic rings. The molecule has 0 radical (unpaired) electrons. The maximum atomic E-state index is 11.9. The Morgan fingerprint density at radius 1 is 1.18 bits per heavy atom. The highest BCUT2D eigenvalue weighted by Crippen LogP contribution is 2.28. The van der Waals surface area contributed by atoms with Crippen LogP contribution in [-0.4, -0.2) is 43.2 Å². The highest BCUT2D eigenvalue weighted by Gasteiger charge is 2.29. The minimum atomic E-state index is 0.170. The second kappa shape index (κ2) is 6.36. The minimum Gasteiger partial charge on any atom is -0.368 e. The second-order valence-electron chi connectivity index (χ2n) is 5.30. The van der Waals surface area contributed by atoms with E-state index in [1.165, 1.54) is 12.8 Å². The van der Waals surface area contributed by atoms with Crippen molar-refractivity contribution in [2.24, 2.45) is 11.7 Å². The van der Waals surface area contributed by atoms with Crippen molar-refractivity contribution < 1.29 is 9.53 Å². The van der Waals surface area contributed by atoms with Crippen LogP contribution in [0.3, 0.4) is 0 Å². The van der Waals surface area contributed by atoms with Gasteiger partial charge in [-0.1, -0.05) is 12.8 Å². The first-order chi connectivity index (χ1) is 8.29. The van der Waals surface area contributed by atoms with Crippen LogP contribution < -0.4 is 5.73 Å². The van der Waals surface area contributed by atoms with Crippen molar-refractivity contribution in [1.29, 1.82) is 0 Å². The number of hydrogen-bond acceptors (Lipinski definition) is 3. The van der Waals surface area contributed by atoms with E-state index in [1.54, 1.807) is 0 Å². The Kier molecular flexibility index (Phi) is 4.80. The van der Waals surface area contributed by atoms with E-state index in [1.807, 2.05) is 4.90 Å². The fraction of sp³-hybridized carbons (Fsp3) is 0.923. The van der Waals surface area contributed by atoms with Gasteiger partial charge in [-0.05, 0) is 38.1 Å². The first-order valence-electron chi connectivity index (χ1n) is 6.89. The van der Waals surface area contributed by atoms with Crippen LogP contribution >= 0.6 is 0 Å². The van der Waals surface area contributed by atoms with E-state index in [0.717, 1.165) is 45.3 Å². The molecule has 2 fully saturated rings. The summed E-state index contributed by atoms with van der Waals surface area (Å²) in [5.74, 6) is 0.788. The average Bonchev–Trinajstić information content (AvgIpc) is 2.55. The molecule has 98 valence electrons. The SMILES string of the molecule is NCC1CC(OCC(=O)N2CCCCCC2)C1. The zero-order valence-electron chi connectivity index (χ0n) is 10.6. The Balaban J connectivity index is 1.63. The van der Waals surface area contributed by atoms with Gasteiger partial charge in [-0.3, -0.25) is 4.79 Å². The number of hydrogen-bond donors (Lipinski definition) is 1. The summed E-state index contributed by atoms with van der Waals surface area (Å²) in [5.41, 5.74) is 5.56. The van der Waals surface area contributed by atoms with Gasteiger partial charge in [0.15, 0.2) is 0 Å². The molecule has 1 saturated heterocycles. The lowest BCUT2D eigenvalue weighted by Crippen LogP contribution is -2.40. The van der Waals surface area contributed by atoms with Crippen molar-refractivity contribution in [2.45, 2.75) is 44.6 Å². The lowest BCUT2D eigenvalue weighted by Gasteiger charge is -2.34. The maximum Gasteiger partial charge on any atom is 0.248 e. The van der Waals surface area contributed by atoms with Gasteiger partial charge in [0.2, 0.25) is 5.91 Å². The monoisotopic (exact) mass is 240 g/mol. The largest absolute Gasteiger partial charge is 0.368 e. The van der Waals surface area contributed by atoms with Gasteiger partial charge < -0.3 is 15.4 Å². The molecule has 0 atom stereocenters. The molecule has 17 heavy (non-hydrogen) atoms. The van der Waals surface area contributed by atoms with Gasteiger partial charge in [-0.2, -0.15) is 0 Å². The summed E-state index contributed by atoms with van der Waals surface area (Å²) in [7, 11) is 0. The molecule has 2 N–H and O–H groups in total. The van der Waals surface area contributed by atoms with Gasteiger partial charge in [0.25, 0.3) is 0 Å². The summed E-state index contributed by atoms with van der Waals surface area (Å²) in [6.45, 7) is 2.85. The van der Waals surface area contributed by atoms with Crippen molar-refractivity contribution in [1.82, 2.24) is 4.90 Å². The summed E-state index contributed by atoms with van der Waals surface area (Å²) in [6, 6.07) is 0. The average molecular weight is 240 g/mol. The molecular weight excluding hydrogens is 216 g/mol. The van der Waals surface area contributed by atoms with Gasteiger partial charge >= 0.3 is 0 Å². The van der Waals surface area contributed by atoms with Crippen molar-refractivity contribution in [2.75, 3.05) is 26.2 Å². The molecule has 0 spiro atoms. The first kappa shape index (κ1) is 12.8. The number of carbonyl (C=O) groups excluding carboxylic acids is 1. The number of carbonyl (C=O) groups is 1. The number of amides is 1. The smallest absolute Gasteiger partial charge is 0.248 e. The standard InChI is InChI=1S/C13H24N2O2/c14-9-11-7-12(8-11)17-10-13(16)15-5-3-1-2-4-6-15/h11-12H,1-10,14H2. The van der Waals surface area contributed by atoms with Crippen LogP contribution in [0, 0.1) is 5.92 Å². The highest BCUT2D eigenvalue weighted by atomic mass is 16.5. The molecule has 1 saturated carbocycles. The zero-order valence-corrected chi connectivity index (χ0v) is 10.6. The van der Waals surface area contributed by atoms with Crippen molar-refractivity contribution in [3.8, 4) is 0 Å². The molecule has 4 nitrogen and oxygen atoms in total. The summed E-state index contributed by atoms with van der Waals surface area (Å²) in [5, 5.41) is 0. The van der Waals surface area contributed by atoms with E-state index in [0.29, 0.717) is 5.92 Å². The van der Waals surface area contributed by atoms with Crippen LogP contribution in [0.5, 0.6) is 0 Å². The Hall–Kier alpha value is -0.610. The Morgan fingerprint density at radius 3 is 2.41 bits per heavy atom. The van der Waals surface area contributed by atoms with Crippen molar-refractivity contribution in [3.63, 3.8) is 0 Å². The van der Waals surface area contributed by atoms with Gasteiger partial charge in [-0.15, -0.1) is 0 Å². The maximum absolute atomic E-state index is 11.9. The normalized spacial score (nSPS) is 29.6. The predicted octanol–water partition coefficient (Wildman–Crippen LogP) is 1.14. The molecule has 0 bridgehead atoms. The molecule has 0 aromatic heterocycles. The Bertz CT molecular complexity index is 244. The lowest BCUT2D eigenvalue weighted by atomic mass is 9.82. The number of rotatable bonds is 4. The van der Waals surface area contributed by atoms with Crippen LogP contribution in [0.4, 0.5) is 0 Å². The molecule has 1 heterocycles. The molecule has 4 heteroatoms. The second-order valence-corrected chi connectivity index (χ2v) is 5.30. The number of ether oxygens (including phenoxy) is 1. The quantitative estimate of drug-likeness (QED) is 0.802. The van der Waals surface area contributed by atoms with E-state index in [9.17, 15) is 4.79 Å². The van der Waals surface area contributed by atoms with Crippen LogP contribution in [0.15, 0.2) is 0 Å². The van der Waals surface area contributed by atoms with E-state index in [2.05, 4.69) is 0 Å². The predicted molar refractivity (Wildman–Crippen MR) is 66.6 cm³/mol. The van der Waals surface area contributed by atoms with Crippen LogP contribution in [0.2, 0.25) is 0 Å². The highest BCUT2D eigenvalue weighted by molar-refractivity contribution is 5.77. The summed E-state index contributed by atoms with van der Waals surface area (Å²) in [4.78, 5) is 13.9. The van der Waals surface area contributed by atoms with E-state index >= 15 is 0 Å². The molecule has 1 amide bonds. The van der Waals surface area contributed by atoms with Crippen LogP contribution in [-0.2, 0) is 9.53 Å². The van der Waals surface area contributed by atoms with Crippen LogP contribution in [0.25, 0.3) is 0 Å². The molecule has 1 aliphatic heterocycles. The van der Waals surface area contributed by atoms with Gasteiger partial charge in [0, 0.05) is 13.1 Å². The Labute approximate surface area is 103 Å². The topological polar surface area (TPSA) is 55.6 Å². The van der Waals surface area contributed by atoms with Crippen LogP contribution in [0.1, 0.15) is 38.5 Å². The number of likely N-dealkylation sites (tertiary alicyclic amines) is 1. The fourth-order valence-corrected chi connectivity index (χ4v) is 2.60. The summed E-state index contributed by atoms with van der Waals surface area (Å²) in [6.07, 6.45) is 7.14. The molecule has 2 aliphatic rings. The molecule has 0 aromatic carbocycles. The van der Waals surface area contributed by atoms with Crippen molar-refractivity contribution >= 4 is 5.91 Å². The minimum absolute atomic E-state index is 0.170. The molecule has 2 rings (SSSR count). The summed E-state index contributed by atoms with van der Waals surface area (Å²) < 4.78 is 5.62. The third-order valence-corrected chi connectivity index (χ3v) is 3.93. The summed E-state index contributed by atoms with van der Waals surface area (Å²) >= 11 is 0. The van der Waals surface area contributed by atoms with E-state index in [-0.39, 0.29) is 18.6 Å². The van der Waals surface area contributed by atoms with Crippen molar-refractivity contribution in [3.05, 3.63) is 0 Å². The molecule has 1 aliphatic carbocycles. The van der Waals surface area contributed by atoms with Gasteiger partial charge in [0.05, 0.1) is 6.10 Å². The zero-order chi connectivity index (χ0) is 12.1. The van der Waals surface area contributed by atoms with E-state index < -0.39 is 0 Å². The fourth-order valence-electron chi connectivity index (χ4n) is 2.60. The van der Waals surface area contributed by atoms with Gasteiger partial charge in [-0.25, -0.2) is 0 Å². The van der Waals surface area contributed by atoms with E-state index in [4.69, 9.17) is 10.5 Å². The molecular formula is C13H24N2O2. The lowest BCUT2D eigenvalue weighted by molar-refractivity contribution is -0.141. The third-order valence-electron chi connectivity index (χ3n) is 3.93.